The number of rotatable bonds is 8. The number of ether oxygens (including phenoxy) is 1. The molecule has 1 aliphatic rings. The molecule has 0 bridgehead atoms. The van der Waals surface area contributed by atoms with Gasteiger partial charge in [0.25, 0.3) is 5.91 Å². The Balaban J connectivity index is 1.60. The minimum atomic E-state index is -0.973. The number of hydrogen-bond acceptors (Lipinski definition) is 4. The summed E-state index contributed by atoms with van der Waals surface area (Å²) in [5.74, 6) is -0.728. The summed E-state index contributed by atoms with van der Waals surface area (Å²) in [6.07, 6.45) is -1.08. The van der Waals surface area contributed by atoms with Crippen molar-refractivity contribution >= 4 is 29.3 Å². The van der Waals surface area contributed by atoms with Crippen LogP contribution >= 0.6 is 0 Å². The number of halogens is 1. The van der Waals surface area contributed by atoms with E-state index in [0.717, 1.165) is 11.1 Å². The molecule has 1 aliphatic heterocycles. The van der Waals surface area contributed by atoms with E-state index >= 15 is 0 Å². The van der Waals surface area contributed by atoms with Gasteiger partial charge in [0, 0.05) is 17.8 Å². The van der Waals surface area contributed by atoms with E-state index in [1.165, 1.54) is 29.2 Å². The quantitative estimate of drug-likeness (QED) is 0.406. The van der Waals surface area contributed by atoms with Crippen molar-refractivity contribution in [3.63, 3.8) is 0 Å². The average Bonchev–Trinajstić information content (AvgIpc) is 3.16. The third-order valence-electron chi connectivity index (χ3n) is 6.02. The van der Waals surface area contributed by atoms with Gasteiger partial charge in [-0.05, 0) is 60.4 Å². The van der Waals surface area contributed by atoms with Crippen LogP contribution in [-0.4, -0.2) is 28.8 Å². The number of cyclic esters (lactones) is 1. The molecule has 1 heterocycles. The van der Waals surface area contributed by atoms with Crippen molar-refractivity contribution in [1.29, 1.82) is 0 Å². The highest BCUT2D eigenvalue weighted by Crippen LogP contribution is 2.35. The Kier molecular flexibility index (Phi) is 7.86. The van der Waals surface area contributed by atoms with Crippen molar-refractivity contribution in [2.24, 2.45) is 5.92 Å². The van der Waals surface area contributed by atoms with Gasteiger partial charge in [-0.3, -0.25) is 14.5 Å². The van der Waals surface area contributed by atoms with Crippen molar-refractivity contribution in [2.45, 2.75) is 45.9 Å². The van der Waals surface area contributed by atoms with Gasteiger partial charge >= 0.3 is 6.09 Å². The number of carbonyl (C=O) groups excluding carboxylic acids is 3. The van der Waals surface area contributed by atoms with Crippen LogP contribution in [0.1, 0.15) is 43.1 Å². The zero-order valence-electron chi connectivity index (χ0n) is 21.0. The van der Waals surface area contributed by atoms with Gasteiger partial charge in [0.1, 0.15) is 5.82 Å². The van der Waals surface area contributed by atoms with E-state index in [2.05, 4.69) is 10.6 Å². The number of anilines is 2. The van der Waals surface area contributed by atoms with Gasteiger partial charge in [-0.2, -0.15) is 0 Å². The Morgan fingerprint density at radius 3 is 2.27 bits per heavy atom. The van der Waals surface area contributed by atoms with Crippen LogP contribution < -0.4 is 10.6 Å². The second-order valence-corrected chi connectivity index (χ2v) is 9.63. The van der Waals surface area contributed by atoms with E-state index in [1.54, 1.807) is 24.3 Å². The van der Waals surface area contributed by atoms with Crippen LogP contribution in [0, 0.1) is 18.7 Å². The van der Waals surface area contributed by atoms with Crippen LogP contribution in [0.4, 0.5) is 20.6 Å². The highest BCUT2D eigenvalue weighted by molar-refractivity contribution is 5.98. The first-order chi connectivity index (χ1) is 17.7. The number of carbonyl (C=O) groups is 3. The summed E-state index contributed by atoms with van der Waals surface area (Å²) in [7, 11) is 0. The van der Waals surface area contributed by atoms with Crippen LogP contribution in [0.2, 0.25) is 0 Å². The summed E-state index contributed by atoms with van der Waals surface area (Å²) in [6.45, 7) is 6.07. The van der Waals surface area contributed by atoms with Crippen LogP contribution in [0.5, 0.6) is 0 Å². The SMILES string of the molecule is Cc1cccc(CN2C(=O)O[C@H](c3ccc(NC(=O)CC(C)C)cc3)[C@H]2C(=O)Nc2ccc(F)cc2)c1. The normalized spacial score (nSPS) is 17.0. The minimum absolute atomic E-state index is 0.0871. The van der Waals surface area contributed by atoms with Gasteiger partial charge in [-0.25, -0.2) is 9.18 Å². The van der Waals surface area contributed by atoms with E-state index in [4.69, 9.17) is 4.74 Å². The molecule has 0 unspecified atom stereocenters. The fourth-order valence-electron chi connectivity index (χ4n) is 4.31. The zero-order valence-corrected chi connectivity index (χ0v) is 21.0. The third kappa shape index (κ3) is 6.52. The molecule has 7 nitrogen and oxygen atoms in total. The fraction of sp³-hybridized carbons (Fsp3) is 0.276. The van der Waals surface area contributed by atoms with Crippen molar-refractivity contribution in [3.8, 4) is 0 Å². The van der Waals surface area contributed by atoms with Gasteiger partial charge < -0.3 is 15.4 Å². The van der Waals surface area contributed by atoms with Crippen molar-refractivity contribution in [2.75, 3.05) is 10.6 Å². The zero-order chi connectivity index (χ0) is 26.5. The van der Waals surface area contributed by atoms with Crippen LogP contribution in [0.25, 0.3) is 0 Å². The molecule has 1 fully saturated rings. The first kappa shape index (κ1) is 25.9. The van der Waals surface area contributed by atoms with Crippen LogP contribution in [0.3, 0.4) is 0 Å². The van der Waals surface area contributed by atoms with Gasteiger partial charge in [-0.15, -0.1) is 0 Å². The van der Waals surface area contributed by atoms with Gasteiger partial charge in [0.05, 0.1) is 6.54 Å². The number of hydrogen-bond donors (Lipinski definition) is 2. The maximum absolute atomic E-state index is 13.5. The minimum Gasteiger partial charge on any atom is -0.438 e. The summed E-state index contributed by atoms with van der Waals surface area (Å²) in [5, 5.41) is 5.63. The van der Waals surface area contributed by atoms with E-state index < -0.39 is 30.0 Å². The standard InChI is InChI=1S/C29H30FN3O4/c1-18(2)15-25(34)31-23-11-7-21(8-12-23)27-26(28(35)32-24-13-9-22(30)10-14-24)33(29(36)37-27)17-20-6-4-5-19(3)16-20/h4-14,16,18,26-27H,15,17H2,1-3H3,(H,31,34)(H,32,35)/t26-,27+/m0/s1. The molecule has 37 heavy (non-hydrogen) atoms. The van der Waals surface area contributed by atoms with Crippen LogP contribution in [0.15, 0.2) is 72.8 Å². The number of nitrogens with one attached hydrogen (secondary N) is 2. The lowest BCUT2D eigenvalue weighted by molar-refractivity contribution is -0.121. The highest BCUT2D eigenvalue weighted by atomic mass is 19.1. The van der Waals surface area contributed by atoms with Crippen molar-refractivity contribution in [3.05, 3.63) is 95.3 Å². The molecule has 0 spiro atoms. The van der Waals surface area contributed by atoms with Crippen molar-refractivity contribution in [1.82, 2.24) is 4.90 Å². The lowest BCUT2D eigenvalue weighted by Crippen LogP contribution is -2.43. The molecule has 2 atom stereocenters. The first-order valence-corrected chi connectivity index (χ1v) is 12.2. The van der Waals surface area contributed by atoms with E-state index in [9.17, 15) is 18.8 Å². The topological polar surface area (TPSA) is 87.7 Å². The Morgan fingerprint density at radius 2 is 1.62 bits per heavy atom. The first-order valence-electron chi connectivity index (χ1n) is 12.2. The van der Waals surface area contributed by atoms with Crippen molar-refractivity contribution < 1.29 is 23.5 Å². The molecule has 3 aromatic rings. The lowest BCUT2D eigenvalue weighted by Gasteiger charge is -2.24. The predicted molar refractivity (Wildman–Crippen MR) is 139 cm³/mol. The number of amides is 3. The molecule has 192 valence electrons. The van der Waals surface area contributed by atoms with Gasteiger partial charge in [-0.1, -0.05) is 55.8 Å². The Morgan fingerprint density at radius 1 is 0.973 bits per heavy atom. The summed E-state index contributed by atoms with van der Waals surface area (Å²) >= 11 is 0. The fourth-order valence-corrected chi connectivity index (χ4v) is 4.31. The maximum atomic E-state index is 13.5. The van der Waals surface area contributed by atoms with E-state index in [1.807, 2.05) is 45.0 Å². The molecular formula is C29H30FN3O4. The van der Waals surface area contributed by atoms with Gasteiger partial charge in [0.15, 0.2) is 12.1 Å². The molecule has 3 aromatic carbocycles. The smallest absolute Gasteiger partial charge is 0.411 e. The Bertz CT molecular complexity index is 1280. The molecule has 0 aliphatic carbocycles. The highest BCUT2D eigenvalue weighted by Gasteiger charge is 2.47. The molecule has 0 aromatic heterocycles. The summed E-state index contributed by atoms with van der Waals surface area (Å²) < 4.78 is 19.1. The number of nitrogens with zero attached hydrogens (tertiary/aromatic N) is 1. The van der Waals surface area contributed by atoms with E-state index in [0.29, 0.717) is 23.4 Å². The number of benzene rings is 3. The average molecular weight is 504 g/mol. The molecule has 0 radical (unpaired) electrons. The lowest BCUT2D eigenvalue weighted by atomic mass is 10.00. The molecule has 2 N–H and O–H groups in total. The second-order valence-electron chi connectivity index (χ2n) is 9.63. The van der Waals surface area contributed by atoms with Gasteiger partial charge in [0.2, 0.25) is 5.91 Å². The molecule has 1 saturated heterocycles. The molecule has 4 rings (SSSR count). The molecule has 3 amide bonds. The summed E-state index contributed by atoms with van der Waals surface area (Å²) in [4.78, 5) is 40.0. The summed E-state index contributed by atoms with van der Waals surface area (Å²) in [6, 6.07) is 19.0. The largest absolute Gasteiger partial charge is 0.438 e. The maximum Gasteiger partial charge on any atom is 0.411 e. The van der Waals surface area contributed by atoms with E-state index in [-0.39, 0.29) is 18.4 Å². The van der Waals surface area contributed by atoms with Crippen LogP contribution in [-0.2, 0) is 20.9 Å². The monoisotopic (exact) mass is 503 g/mol. The summed E-state index contributed by atoms with van der Waals surface area (Å²) in [5.41, 5.74) is 3.52. The molecule has 8 heteroatoms. The Labute approximate surface area is 215 Å². The second kappa shape index (κ2) is 11.2. The Hall–Kier alpha value is -4.20. The molecular weight excluding hydrogens is 473 g/mol. The third-order valence-corrected chi connectivity index (χ3v) is 6.02. The number of aryl methyl sites for hydroxylation is 1. The predicted octanol–water partition coefficient (Wildman–Crippen LogP) is 5.82. The molecule has 0 saturated carbocycles.